The number of hydrogen-bond acceptors (Lipinski definition) is 1. The Kier molecular flexibility index (Phi) is 5.90. The molecule has 0 aliphatic carbocycles. The number of nitrogens with one attached hydrogen (secondary N) is 1. The van der Waals surface area contributed by atoms with E-state index >= 15 is 0 Å². The molecule has 2 rings (SSSR count). The molecule has 25 heavy (non-hydrogen) atoms. The fourth-order valence-corrected chi connectivity index (χ4v) is 2.48. The molecule has 0 aliphatic heterocycles. The summed E-state index contributed by atoms with van der Waals surface area (Å²) in [6.07, 6.45) is 0. The number of carbonyl (C=O) groups is 1. The summed E-state index contributed by atoms with van der Waals surface area (Å²) < 4.78 is 26.2. The molecule has 134 valence electrons. The zero-order valence-corrected chi connectivity index (χ0v) is 15.1. The van der Waals surface area contributed by atoms with Crippen LogP contribution >= 0.6 is 0 Å². The lowest BCUT2D eigenvalue weighted by Crippen LogP contribution is -2.86. The summed E-state index contributed by atoms with van der Waals surface area (Å²) in [5.74, 6) is -1.88. The van der Waals surface area contributed by atoms with E-state index in [1.807, 2.05) is 31.2 Å². The van der Waals surface area contributed by atoms with E-state index in [9.17, 15) is 13.6 Å². The quantitative estimate of drug-likeness (QED) is 0.854. The number of halogens is 2. The SMILES string of the molecule is C[C@H]([NH2+]CC(=O)Nc1ccc(C(C)(C)C)cc1)c1ccc(F)c(F)c1. The van der Waals surface area contributed by atoms with E-state index in [1.165, 1.54) is 17.7 Å². The molecule has 5 heteroatoms. The molecule has 3 N–H and O–H groups in total. The molecule has 1 amide bonds. The van der Waals surface area contributed by atoms with Crippen molar-refractivity contribution in [2.75, 3.05) is 11.9 Å². The third kappa shape index (κ3) is 5.36. The molecule has 0 radical (unpaired) electrons. The van der Waals surface area contributed by atoms with Gasteiger partial charge in [-0.25, -0.2) is 8.78 Å². The molecular formula is C20H25F2N2O+. The van der Waals surface area contributed by atoms with Crippen molar-refractivity contribution in [1.29, 1.82) is 0 Å². The first-order valence-electron chi connectivity index (χ1n) is 8.35. The summed E-state index contributed by atoms with van der Waals surface area (Å²) in [6, 6.07) is 11.4. The first-order valence-corrected chi connectivity index (χ1v) is 8.35. The molecule has 2 aromatic rings. The van der Waals surface area contributed by atoms with Crippen LogP contribution in [-0.2, 0) is 10.2 Å². The lowest BCUT2D eigenvalue weighted by Gasteiger charge is -2.19. The van der Waals surface area contributed by atoms with Gasteiger partial charge in [0.15, 0.2) is 18.2 Å². The molecule has 0 saturated heterocycles. The number of anilines is 1. The highest BCUT2D eigenvalue weighted by Crippen LogP contribution is 2.23. The van der Waals surface area contributed by atoms with Crippen molar-refractivity contribution in [3.8, 4) is 0 Å². The molecule has 3 nitrogen and oxygen atoms in total. The zero-order valence-electron chi connectivity index (χ0n) is 15.1. The molecule has 0 heterocycles. The summed E-state index contributed by atoms with van der Waals surface area (Å²) >= 11 is 0. The van der Waals surface area contributed by atoms with Gasteiger partial charge in [0.2, 0.25) is 0 Å². The van der Waals surface area contributed by atoms with Crippen LogP contribution in [0.4, 0.5) is 14.5 Å². The van der Waals surface area contributed by atoms with Gasteiger partial charge in [0.1, 0.15) is 6.04 Å². The van der Waals surface area contributed by atoms with Gasteiger partial charge in [-0.3, -0.25) is 4.79 Å². The Balaban J connectivity index is 1.88. The van der Waals surface area contributed by atoms with Crippen LogP contribution in [0.3, 0.4) is 0 Å². The Morgan fingerprint density at radius 3 is 2.28 bits per heavy atom. The average Bonchev–Trinajstić information content (AvgIpc) is 2.55. The number of rotatable bonds is 5. The molecule has 1 atom stereocenters. The standard InChI is InChI=1S/C20H24F2N2O/c1-13(14-5-10-17(21)18(22)11-14)23-12-19(25)24-16-8-6-15(7-9-16)20(2,3)4/h5-11,13,23H,12H2,1-4H3,(H,24,25)/p+1/t13-/m0/s1. The van der Waals surface area contributed by atoms with E-state index in [0.717, 1.165) is 11.8 Å². The maximum absolute atomic E-state index is 13.3. The molecule has 0 spiro atoms. The van der Waals surface area contributed by atoms with Gasteiger partial charge in [0.25, 0.3) is 5.91 Å². The van der Waals surface area contributed by atoms with Crippen molar-refractivity contribution in [2.45, 2.75) is 39.2 Å². The minimum Gasteiger partial charge on any atom is -0.333 e. The average molecular weight is 347 g/mol. The van der Waals surface area contributed by atoms with Gasteiger partial charge in [-0.2, -0.15) is 0 Å². The number of carbonyl (C=O) groups excluding carboxylic acids is 1. The van der Waals surface area contributed by atoms with Gasteiger partial charge >= 0.3 is 0 Å². The maximum Gasteiger partial charge on any atom is 0.279 e. The number of quaternary nitrogens is 1. The van der Waals surface area contributed by atoms with E-state index in [1.54, 1.807) is 5.32 Å². The predicted octanol–water partition coefficient (Wildman–Crippen LogP) is 3.53. The lowest BCUT2D eigenvalue weighted by molar-refractivity contribution is -0.682. The predicted molar refractivity (Wildman–Crippen MR) is 95.3 cm³/mol. The molecule has 2 aromatic carbocycles. The minimum absolute atomic E-state index is 0.0657. The Morgan fingerprint density at radius 1 is 1.08 bits per heavy atom. The van der Waals surface area contributed by atoms with Crippen LogP contribution in [0.5, 0.6) is 0 Å². The second-order valence-corrected chi connectivity index (χ2v) is 7.28. The van der Waals surface area contributed by atoms with Crippen LogP contribution in [0, 0.1) is 11.6 Å². The zero-order chi connectivity index (χ0) is 18.6. The number of amides is 1. The highest BCUT2D eigenvalue weighted by molar-refractivity contribution is 5.91. The fraction of sp³-hybridized carbons (Fsp3) is 0.350. The second-order valence-electron chi connectivity index (χ2n) is 7.28. The minimum atomic E-state index is -0.874. The van der Waals surface area contributed by atoms with Crippen molar-refractivity contribution in [3.05, 3.63) is 65.2 Å². The number of nitrogens with two attached hydrogens (primary N) is 1. The molecule has 0 aliphatic rings. The first-order chi connectivity index (χ1) is 11.7. The van der Waals surface area contributed by atoms with Gasteiger partial charge in [0.05, 0.1) is 0 Å². The lowest BCUT2D eigenvalue weighted by atomic mass is 9.87. The molecule has 0 saturated carbocycles. The Hall–Kier alpha value is -2.27. The van der Waals surface area contributed by atoms with Crippen LogP contribution in [0.25, 0.3) is 0 Å². The van der Waals surface area contributed by atoms with Crippen molar-refractivity contribution in [3.63, 3.8) is 0 Å². The summed E-state index contributed by atoms with van der Waals surface area (Å²) in [5.41, 5.74) is 2.65. The van der Waals surface area contributed by atoms with E-state index in [-0.39, 0.29) is 23.9 Å². The molecule has 0 fully saturated rings. The van der Waals surface area contributed by atoms with Crippen molar-refractivity contribution >= 4 is 11.6 Å². The van der Waals surface area contributed by atoms with Gasteiger partial charge in [-0.1, -0.05) is 32.9 Å². The van der Waals surface area contributed by atoms with Crippen molar-refractivity contribution in [1.82, 2.24) is 0 Å². The highest BCUT2D eigenvalue weighted by atomic mass is 19.2. The Bertz CT molecular complexity index is 736. The van der Waals surface area contributed by atoms with Gasteiger partial charge in [-0.15, -0.1) is 0 Å². The summed E-state index contributed by atoms with van der Waals surface area (Å²) in [4.78, 5) is 12.1. The Morgan fingerprint density at radius 2 is 1.72 bits per heavy atom. The van der Waals surface area contributed by atoms with Crippen molar-refractivity contribution in [2.24, 2.45) is 0 Å². The summed E-state index contributed by atoms with van der Waals surface area (Å²) in [7, 11) is 0. The molecular weight excluding hydrogens is 322 g/mol. The fourth-order valence-electron chi connectivity index (χ4n) is 2.48. The third-order valence-electron chi connectivity index (χ3n) is 4.16. The number of benzene rings is 2. The monoisotopic (exact) mass is 347 g/mol. The summed E-state index contributed by atoms with van der Waals surface area (Å²) in [6.45, 7) is 8.44. The van der Waals surface area contributed by atoms with Crippen LogP contribution in [0.15, 0.2) is 42.5 Å². The van der Waals surface area contributed by atoms with Gasteiger partial charge in [0, 0.05) is 11.3 Å². The third-order valence-corrected chi connectivity index (χ3v) is 4.16. The highest BCUT2D eigenvalue weighted by Gasteiger charge is 2.15. The topological polar surface area (TPSA) is 45.7 Å². The van der Waals surface area contributed by atoms with E-state index in [4.69, 9.17) is 0 Å². The van der Waals surface area contributed by atoms with Gasteiger partial charge in [-0.05, 0) is 48.2 Å². The van der Waals surface area contributed by atoms with E-state index < -0.39 is 11.6 Å². The normalized spacial score (nSPS) is 12.7. The van der Waals surface area contributed by atoms with Crippen LogP contribution in [0.1, 0.15) is 44.9 Å². The second kappa shape index (κ2) is 7.74. The van der Waals surface area contributed by atoms with Crippen LogP contribution < -0.4 is 10.6 Å². The van der Waals surface area contributed by atoms with E-state index in [0.29, 0.717) is 5.56 Å². The van der Waals surface area contributed by atoms with E-state index in [2.05, 4.69) is 26.1 Å². The summed E-state index contributed by atoms with van der Waals surface area (Å²) in [5, 5.41) is 4.63. The smallest absolute Gasteiger partial charge is 0.279 e. The van der Waals surface area contributed by atoms with Gasteiger partial charge < -0.3 is 10.6 Å². The molecule has 0 aromatic heterocycles. The van der Waals surface area contributed by atoms with Crippen molar-refractivity contribution < 1.29 is 18.9 Å². The van der Waals surface area contributed by atoms with Crippen LogP contribution in [0.2, 0.25) is 0 Å². The Labute approximate surface area is 147 Å². The number of hydrogen-bond donors (Lipinski definition) is 2. The van der Waals surface area contributed by atoms with Crippen LogP contribution in [-0.4, -0.2) is 12.5 Å². The largest absolute Gasteiger partial charge is 0.333 e. The molecule has 0 bridgehead atoms. The first kappa shape index (κ1) is 19.1. The molecule has 0 unspecified atom stereocenters. The maximum atomic E-state index is 13.3.